The molecule has 2 aromatic rings. The van der Waals surface area contributed by atoms with Gasteiger partial charge in [0, 0.05) is 9.58 Å². The van der Waals surface area contributed by atoms with Crippen LogP contribution in [0.25, 0.3) is 10.1 Å². The van der Waals surface area contributed by atoms with Gasteiger partial charge in [0.05, 0.1) is 6.04 Å². The van der Waals surface area contributed by atoms with Gasteiger partial charge in [-0.15, -0.1) is 11.3 Å². The number of nitrogens with two attached hydrogens (primary N) is 1. The van der Waals surface area contributed by atoms with E-state index in [4.69, 9.17) is 5.84 Å². The van der Waals surface area contributed by atoms with Crippen molar-refractivity contribution in [3.63, 3.8) is 0 Å². The van der Waals surface area contributed by atoms with Crippen LogP contribution in [0.5, 0.6) is 0 Å². The second kappa shape index (κ2) is 4.91. The molecule has 1 atom stereocenters. The first-order chi connectivity index (χ1) is 7.74. The number of thiophene rings is 1. The third-order valence-corrected chi connectivity index (χ3v) is 3.83. The Hall–Kier alpha value is -0.970. The van der Waals surface area contributed by atoms with Gasteiger partial charge in [-0.05, 0) is 30.0 Å². The van der Waals surface area contributed by atoms with Crippen LogP contribution in [0.15, 0.2) is 24.3 Å². The maximum atomic E-state index is 13.0. The molecule has 0 aliphatic heterocycles. The second-order valence-corrected chi connectivity index (χ2v) is 4.95. The molecule has 1 aromatic carbocycles. The van der Waals surface area contributed by atoms with Crippen LogP contribution in [0.1, 0.15) is 30.7 Å². The molecule has 0 fully saturated rings. The van der Waals surface area contributed by atoms with Crippen molar-refractivity contribution in [3.05, 3.63) is 35.0 Å². The highest BCUT2D eigenvalue weighted by Crippen LogP contribution is 2.31. The molecule has 16 heavy (non-hydrogen) atoms. The quantitative estimate of drug-likeness (QED) is 0.633. The third kappa shape index (κ3) is 2.24. The molecule has 0 bridgehead atoms. The monoisotopic (exact) mass is 238 g/mol. The predicted molar refractivity (Wildman–Crippen MR) is 66.8 cm³/mol. The zero-order valence-electron chi connectivity index (χ0n) is 9.16. The topological polar surface area (TPSA) is 38.0 Å². The van der Waals surface area contributed by atoms with Gasteiger partial charge in [0.15, 0.2) is 0 Å². The Labute approximate surface area is 98.2 Å². The molecule has 1 unspecified atom stereocenters. The summed E-state index contributed by atoms with van der Waals surface area (Å²) in [6.45, 7) is 2.12. The van der Waals surface area contributed by atoms with E-state index in [9.17, 15) is 4.39 Å². The third-order valence-electron chi connectivity index (χ3n) is 2.62. The molecule has 4 heteroatoms. The van der Waals surface area contributed by atoms with Gasteiger partial charge in [-0.2, -0.15) is 0 Å². The summed E-state index contributed by atoms with van der Waals surface area (Å²) in [7, 11) is 0. The smallest absolute Gasteiger partial charge is 0.124 e. The number of hydrazine groups is 1. The highest BCUT2D eigenvalue weighted by atomic mass is 32.1. The van der Waals surface area contributed by atoms with Crippen molar-refractivity contribution >= 4 is 21.4 Å². The van der Waals surface area contributed by atoms with E-state index in [0.717, 1.165) is 22.9 Å². The van der Waals surface area contributed by atoms with Crippen LogP contribution >= 0.6 is 11.3 Å². The molecule has 0 saturated carbocycles. The summed E-state index contributed by atoms with van der Waals surface area (Å²) < 4.78 is 14.0. The van der Waals surface area contributed by atoms with Crippen LogP contribution < -0.4 is 11.3 Å². The van der Waals surface area contributed by atoms with Crippen molar-refractivity contribution in [1.29, 1.82) is 0 Å². The fourth-order valence-corrected chi connectivity index (χ4v) is 2.98. The minimum atomic E-state index is -0.186. The van der Waals surface area contributed by atoms with Gasteiger partial charge in [0.1, 0.15) is 5.82 Å². The first-order valence-electron chi connectivity index (χ1n) is 5.39. The molecule has 1 aromatic heterocycles. The number of hydrogen-bond donors (Lipinski definition) is 2. The molecule has 0 spiro atoms. The number of halogens is 1. The summed E-state index contributed by atoms with van der Waals surface area (Å²) in [5, 5.41) is 1.08. The summed E-state index contributed by atoms with van der Waals surface area (Å²) in [5.74, 6) is 5.34. The van der Waals surface area contributed by atoms with Crippen LogP contribution in [-0.4, -0.2) is 0 Å². The van der Waals surface area contributed by atoms with Gasteiger partial charge in [-0.3, -0.25) is 11.3 Å². The van der Waals surface area contributed by atoms with Crippen molar-refractivity contribution in [2.45, 2.75) is 25.8 Å². The Balaban J connectivity index is 2.37. The normalized spacial score (nSPS) is 13.2. The van der Waals surface area contributed by atoms with Crippen molar-refractivity contribution in [1.82, 2.24) is 5.43 Å². The molecule has 86 valence electrons. The number of rotatable bonds is 4. The van der Waals surface area contributed by atoms with E-state index in [0.29, 0.717) is 0 Å². The molecule has 0 aliphatic rings. The van der Waals surface area contributed by atoms with Gasteiger partial charge < -0.3 is 0 Å². The lowest BCUT2D eigenvalue weighted by Gasteiger charge is -2.11. The Kier molecular flexibility index (Phi) is 3.53. The van der Waals surface area contributed by atoms with E-state index in [2.05, 4.69) is 18.4 Å². The van der Waals surface area contributed by atoms with Gasteiger partial charge in [0.2, 0.25) is 0 Å². The van der Waals surface area contributed by atoms with E-state index >= 15 is 0 Å². The summed E-state index contributed by atoms with van der Waals surface area (Å²) in [5.41, 5.74) is 2.81. The van der Waals surface area contributed by atoms with E-state index in [1.165, 1.54) is 10.9 Å². The molecule has 2 rings (SSSR count). The van der Waals surface area contributed by atoms with Crippen molar-refractivity contribution in [3.8, 4) is 0 Å². The van der Waals surface area contributed by atoms with E-state index in [1.54, 1.807) is 17.4 Å². The van der Waals surface area contributed by atoms with Crippen LogP contribution in [-0.2, 0) is 0 Å². The maximum absolute atomic E-state index is 13.0. The maximum Gasteiger partial charge on any atom is 0.124 e. The number of fused-ring (bicyclic) bond motifs is 1. The zero-order chi connectivity index (χ0) is 11.5. The first kappa shape index (κ1) is 11.5. The molecule has 0 amide bonds. The molecule has 0 radical (unpaired) electrons. The zero-order valence-corrected chi connectivity index (χ0v) is 9.98. The van der Waals surface area contributed by atoms with Crippen LogP contribution in [0.2, 0.25) is 0 Å². The average Bonchev–Trinajstić information content (AvgIpc) is 2.68. The summed E-state index contributed by atoms with van der Waals surface area (Å²) in [6, 6.07) is 7.13. The van der Waals surface area contributed by atoms with Crippen molar-refractivity contribution in [2.75, 3.05) is 0 Å². The highest BCUT2D eigenvalue weighted by molar-refractivity contribution is 7.19. The summed E-state index contributed by atoms with van der Waals surface area (Å²) in [6.07, 6.45) is 2.06. The molecule has 0 saturated heterocycles. The average molecular weight is 238 g/mol. The molecule has 2 nitrogen and oxygen atoms in total. The van der Waals surface area contributed by atoms with E-state index < -0.39 is 0 Å². The number of hydrogen-bond acceptors (Lipinski definition) is 3. The van der Waals surface area contributed by atoms with Gasteiger partial charge in [0.25, 0.3) is 0 Å². The second-order valence-electron chi connectivity index (χ2n) is 3.84. The minimum Gasteiger partial charge on any atom is -0.271 e. The Morgan fingerprint density at radius 3 is 2.94 bits per heavy atom. The lowest BCUT2D eigenvalue weighted by Crippen LogP contribution is -2.27. The molecule has 0 aliphatic carbocycles. The van der Waals surface area contributed by atoms with Crippen LogP contribution in [0.4, 0.5) is 4.39 Å². The van der Waals surface area contributed by atoms with Gasteiger partial charge >= 0.3 is 0 Å². The Bertz CT molecular complexity index is 481. The molecule has 3 N–H and O–H groups in total. The first-order valence-corrected chi connectivity index (χ1v) is 6.21. The SMILES string of the molecule is CCCC(NN)c1cc2ccc(F)cc2s1. The standard InChI is InChI=1S/C12H15FN2S/c1-2-3-10(15-14)12-6-8-4-5-9(13)7-11(8)16-12/h4-7,10,15H,2-3,14H2,1H3. The molecular weight excluding hydrogens is 223 g/mol. The van der Waals surface area contributed by atoms with Gasteiger partial charge in [-0.1, -0.05) is 19.4 Å². The van der Waals surface area contributed by atoms with Crippen molar-refractivity contribution in [2.24, 2.45) is 5.84 Å². The fraction of sp³-hybridized carbons (Fsp3) is 0.333. The number of nitrogens with one attached hydrogen (secondary N) is 1. The lowest BCUT2D eigenvalue weighted by molar-refractivity contribution is 0.518. The fourth-order valence-electron chi connectivity index (χ4n) is 1.79. The van der Waals surface area contributed by atoms with Gasteiger partial charge in [-0.25, -0.2) is 4.39 Å². The molecular formula is C12H15FN2S. The van der Waals surface area contributed by atoms with Crippen molar-refractivity contribution < 1.29 is 4.39 Å². The lowest BCUT2D eigenvalue weighted by atomic mass is 10.1. The summed E-state index contributed by atoms with van der Waals surface area (Å²) >= 11 is 1.60. The molecule has 1 heterocycles. The highest BCUT2D eigenvalue weighted by Gasteiger charge is 2.12. The van der Waals surface area contributed by atoms with Crippen LogP contribution in [0, 0.1) is 5.82 Å². The van der Waals surface area contributed by atoms with E-state index in [-0.39, 0.29) is 11.9 Å². The predicted octanol–water partition coefficient (Wildman–Crippen LogP) is 3.34. The largest absolute Gasteiger partial charge is 0.271 e. The Morgan fingerprint density at radius 1 is 1.44 bits per heavy atom. The summed E-state index contributed by atoms with van der Waals surface area (Å²) in [4.78, 5) is 1.17. The Morgan fingerprint density at radius 2 is 2.25 bits per heavy atom. The number of benzene rings is 1. The minimum absolute atomic E-state index is 0.172. The van der Waals surface area contributed by atoms with E-state index in [1.807, 2.05) is 6.07 Å². The van der Waals surface area contributed by atoms with Crippen LogP contribution in [0.3, 0.4) is 0 Å².